The van der Waals surface area contributed by atoms with Crippen LogP contribution in [0.15, 0.2) is 40.5 Å². The van der Waals surface area contributed by atoms with Gasteiger partial charge in [-0.05, 0) is 89.5 Å². The van der Waals surface area contributed by atoms with Gasteiger partial charge in [-0.1, -0.05) is 103 Å². The van der Waals surface area contributed by atoms with Crippen LogP contribution >= 0.6 is 22.6 Å². The Kier molecular flexibility index (Phi) is 15.9. The van der Waals surface area contributed by atoms with Crippen molar-refractivity contribution in [2.45, 2.75) is 173 Å². The van der Waals surface area contributed by atoms with E-state index >= 15 is 0 Å². The van der Waals surface area contributed by atoms with Gasteiger partial charge in [-0.15, -0.1) is 0 Å². The predicted octanol–water partition coefficient (Wildman–Crippen LogP) is 10.4. The minimum atomic E-state index is -2.50. The van der Waals surface area contributed by atoms with E-state index in [1.807, 2.05) is 22.3 Å². The Labute approximate surface area is 320 Å². The van der Waals surface area contributed by atoms with E-state index in [4.69, 9.17) is 27.5 Å². The van der Waals surface area contributed by atoms with Crippen molar-refractivity contribution in [2.75, 3.05) is 6.61 Å². The Morgan fingerprint density at radius 2 is 1.30 bits per heavy atom. The van der Waals surface area contributed by atoms with Gasteiger partial charge >= 0.3 is 11.9 Å². The van der Waals surface area contributed by atoms with Crippen molar-refractivity contribution in [2.24, 2.45) is 0 Å². The van der Waals surface area contributed by atoms with Gasteiger partial charge in [0.1, 0.15) is 18.3 Å². The Morgan fingerprint density at radius 3 is 1.76 bits per heavy atom. The zero-order chi connectivity index (χ0) is 38.5. The minimum Gasteiger partial charge on any atom is -0.466 e. The molecule has 0 spiro atoms. The molecule has 1 fully saturated rings. The molecular weight excluding hydrogens is 796 g/mol. The van der Waals surface area contributed by atoms with E-state index in [1.165, 1.54) is 6.92 Å². The molecule has 4 unspecified atom stereocenters. The summed E-state index contributed by atoms with van der Waals surface area (Å²) < 4.78 is 43.1. The number of rotatable bonds is 14. The van der Waals surface area contributed by atoms with E-state index < -0.39 is 67.5 Å². The molecule has 0 radical (unpaired) electrons. The SMILES string of the molecule is CC(=O)OCCC[C@@H]1O[C@@H](C(/C=C/I)O[Si](C)(C)C(C)(C)C)C(O[Si](C)(C)C(C)(C)C)C(O[Si](C)(C)C(C)(C)C)C1OC(=O)c1ccccc1. The summed E-state index contributed by atoms with van der Waals surface area (Å²) in [4.78, 5) is 25.6. The highest BCUT2D eigenvalue weighted by Crippen LogP contribution is 2.46. The van der Waals surface area contributed by atoms with E-state index in [-0.39, 0.29) is 27.7 Å². The maximum atomic E-state index is 13.9. The molecule has 0 bridgehead atoms. The van der Waals surface area contributed by atoms with Gasteiger partial charge in [0.05, 0.1) is 24.4 Å². The number of hydrogen-bond acceptors (Lipinski definition) is 8. The molecule has 1 heterocycles. The maximum Gasteiger partial charge on any atom is 0.338 e. The molecule has 1 aliphatic rings. The number of carbonyl (C=O) groups is 2. The average Bonchev–Trinajstić information content (AvgIpc) is 2.95. The number of benzene rings is 1. The fourth-order valence-electron chi connectivity index (χ4n) is 4.95. The lowest BCUT2D eigenvalue weighted by atomic mass is 9.90. The Bertz CT molecular complexity index is 1280. The van der Waals surface area contributed by atoms with Gasteiger partial charge in [-0.2, -0.15) is 0 Å². The van der Waals surface area contributed by atoms with Crippen LogP contribution in [0.25, 0.3) is 0 Å². The van der Waals surface area contributed by atoms with Crippen molar-refractivity contribution in [1.29, 1.82) is 0 Å². The topological polar surface area (TPSA) is 89.5 Å². The Balaban J connectivity index is 2.90. The van der Waals surface area contributed by atoms with E-state index in [1.54, 1.807) is 12.1 Å². The van der Waals surface area contributed by atoms with Crippen LogP contribution < -0.4 is 0 Å². The van der Waals surface area contributed by atoms with Crippen molar-refractivity contribution in [3.05, 3.63) is 46.1 Å². The number of carbonyl (C=O) groups excluding carboxylic acids is 2. The second kappa shape index (κ2) is 17.5. The van der Waals surface area contributed by atoms with Gasteiger partial charge in [-0.25, -0.2) is 4.79 Å². The normalized spacial score (nSPS) is 23.5. The molecule has 12 heteroatoms. The van der Waals surface area contributed by atoms with Crippen LogP contribution in [-0.2, 0) is 32.3 Å². The van der Waals surface area contributed by atoms with Crippen molar-refractivity contribution in [3.8, 4) is 0 Å². The summed E-state index contributed by atoms with van der Waals surface area (Å²) in [6.45, 7) is 35.1. The molecule has 1 saturated heterocycles. The first kappa shape index (κ1) is 45.3. The molecular formula is C38H67IO8Si3. The van der Waals surface area contributed by atoms with Crippen LogP contribution in [0.2, 0.25) is 54.4 Å². The van der Waals surface area contributed by atoms with Gasteiger partial charge in [0.25, 0.3) is 0 Å². The van der Waals surface area contributed by atoms with E-state index in [2.05, 4.69) is 130 Å². The summed E-state index contributed by atoms with van der Waals surface area (Å²) in [6.07, 6.45) is -0.576. The summed E-state index contributed by atoms with van der Waals surface area (Å²) >= 11 is 2.25. The van der Waals surface area contributed by atoms with Gasteiger partial charge in [0.2, 0.25) is 0 Å². The van der Waals surface area contributed by atoms with Gasteiger partial charge in [-0.3, -0.25) is 4.79 Å². The van der Waals surface area contributed by atoms with Crippen molar-refractivity contribution in [1.82, 2.24) is 0 Å². The van der Waals surface area contributed by atoms with Crippen LogP contribution in [0.4, 0.5) is 0 Å². The molecule has 0 aromatic heterocycles. The molecule has 50 heavy (non-hydrogen) atoms. The monoisotopic (exact) mass is 862 g/mol. The van der Waals surface area contributed by atoms with Gasteiger partial charge in [0, 0.05) is 6.92 Å². The molecule has 1 aliphatic heterocycles. The minimum absolute atomic E-state index is 0.0525. The van der Waals surface area contributed by atoms with Crippen molar-refractivity contribution < 1.29 is 37.1 Å². The highest BCUT2D eigenvalue weighted by molar-refractivity contribution is 14.1. The number of hydrogen-bond donors (Lipinski definition) is 0. The number of ether oxygens (including phenoxy) is 3. The first-order chi connectivity index (χ1) is 22.6. The molecule has 286 valence electrons. The van der Waals surface area contributed by atoms with Crippen molar-refractivity contribution in [3.63, 3.8) is 0 Å². The summed E-state index contributed by atoms with van der Waals surface area (Å²) in [5, 5.41) is -0.311. The lowest BCUT2D eigenvalue weighted by Gasteiger charge is -2.54. The fourth-order valence-corrected chi connectivity index (χ4v) is 9.22. The van der Waals surface area contributed by atoms with Crippen LogP contribution in [0.1, 0.15) is 92.4 Å². The largest absolute Gasteiger partial charge is 0.466 e. The second-order valence-electron chi connectivity index (χ2n) is 18.2. The maximum absolute atomic E-state index is 13.9. The zero-order valence-corrected chi connectivity index (χ0v) is 38.9. The standard InChI is InChI=1S/C38H67IO8Si3/c1-27(40)42-26-20-23-29-31(44-35(41)28-21-18-17-19-22-28)33(46-49(13,14)37(5,6)7)34(47-50(15,16)38(8,9)10)32(43-29)30(24-25-39)45-48(11,12)36(2,3)4/h17-19,21-22,24-25,29-34H,20,23,26H2,1-16H3/b25-24+/t29-,30?,31?,32-,33?,34?/m0/s1. The quantitative estimate of drug-likeness (QED) is 0.0791. The highest BCUT2D eigenvalue weighted by Gasteiger charge is 2.57. The molecule has 2 rings (SSSR count). The molecule has 8 nitrogen and oxygen atoms in total. The molecule has 1 aromatic rings. The number of halogens is 1. The molecule has 0 amide bonds. The molecule has 6 atom stereocenters. The van der Waals surface area contributed by atoms with Crippen LogP contribution in [0, 0.1) is 0 Å². The smallest absolute Gasteiger partial charge is 0.338 e. The average molecular weight is 863 g/mol. The summed E-state index contributed by atoms with van der Waals surface area (Å²) in [6, 6.07) is 9.04. The lowest BCUT2D eigenvalue weighted by Crippen LogP contribution is -2.68. The van der Waals surface area contributed by atoms with Gasteiger partial charge in [0.15, 0.2) is 31.1 Å². The van der Waals surface area contributed by atoms with E-state index in [0.29, 0.717) is 18.4 Å². The summed E-state index contributed by atoms with van der Waals surface area (Å²) in [5.41, 5.74) is 0.452. The van der Waals surface area contributed by atoms with Crippen LogP contribution in [-0.4, -0.2) is 80.1 Å². The Morgan fingerprint density at radius 1 is 0.800 bits per heavy atom. The molecule has 1 aromatic carbocycles. The first-order valence-electron chi connectivity index (χ1n) is 18.0. The number of esters is 2. The van der Waals surface area contributed by atoms with Crippen LogP contribution in [0.3, 0.4) is 0 Å². The molecule has 0 aliphatic carbocycles. The predicted molar refractivity (Wildman–Crippen MR) is 220 cm³/mol. The van der Waals surface area contributed by atoms with Gasteiger partial charge < -0.3 is 27.5 Å². The first-order valence-corrected chi connectivity index (χ1v) is 28.0. The van der Waals surface area contributed by atoms with E-state index in [0.717, 1.165) is 0 Å². The third-order valence-corrected chi connectivity index (χ3v) is 25.0. The molecule has 0 N–H and O–H groups in total. The molecule has 0 saturated carbocycles. The summed E-state index contributed by atoms with van der Waals surface area (Å²) in [7, 11) is -7.30. The lowest BCUT2D eigenvalue weighted by molar-refractivity contribution is -0.230. The van der Waals surface area contributed by atoms with E-state index in [9.17, 15) is 9.59 Å². The Hall–Kier alpha value is -0.879. The third-order valence-electron chi connectivity index (χ3n) is 11.2. The van der Waals surface area contributed by atoms with Crippen LogP contribution in [0.5, 0.6) is 0 Å². The third kappa shape index (κ3) is 12.1. The fraction of sp³-hybridized carbons (Fsp3) is 0.737. The van der Waals surface area contributed by atoms with Crippen molar-refractivity contribution >= 4 is 59.5 Å². The zero-order valence-electron chi connectivity index (χ0n) is 33.8. The summed E-state index contributed by atoms with van der Waals surface area (Å²) in [5.74, 6) is -0.782. The highest BCUT2D eigenvalue weighted by atomic mass is 127. The second-order valence-corrected chi connectivity index (χ2v) is 33.2.